The molecular formula is C11H9IN2S. The maximum absolute atomic E-state index is 4.25. The molecule has 1 aromatic carbocycles. The second-order valence-corrected chi connectivity index (χ2v) is 5.39. The molecule has 0 bridgehead atoms. The third-order valence-electron chi connectivity index (χ3n) is 1.80. The summed E-state index contributed by atoms with van der Waals surface area (Å²) < 4.78 is 1.06. The Kier molecular flexibility index (Phi) is 3.58. The van der Waals surface area contributed by atoms with Gasteiger partial charge in [-0.1, -0.05) is 17.7 Å². The van der Waals surface area contributed by atoms with Crippen molar-refractivity contribution in [2.45, 2.75) is 17.0 Å². The average Bonchev–Trinajstić information content (AvgIpc) is 2.22. The quantitative estimate of drug-likeness (QED) is 0.623. The van der Waals surface area contributed by atoms with Gasteiger partial charge < -0.3 is 0 Å². The Morgan fingerprint density at radius 1 is 1.20 bits per heavy atom. The molecular weight excluding hydrogens is 319 g/mol. The molecule has 0 unspecified atom stereocenters. The predicted octanol–water partition coefficient (Wildman–Crippen LogP) is 3.54. The summed E-state index contributed by atoms with van der Waals surface area (Å²) in [5, 5.41) is 0.793. The van der Waals surface area contributed by atoms with Crippen molar-refractivity contribution >= 4 is 34.4 Å². The molecule has 0 spiro atoms. The lowest BCUT2D eigenvalue weighted by atomic mass is 10.2. The van der Waals surface area contributed by atoms with Crippen molar-refractivity contribution < 1.29 is 0 Å². The zero-order valence-electron chi connectivity index (χ0n) is 8.14. The van der Waals surface area contributed by atoms with E-state index in [0.717, 1.165) is 8.73 Å². The van der Waals surface area contributed by atoms with Gasteiger partial charge in [-0.05, 0) is 53.4 Å². The molecule has 0 fully saturated rings. The van der Waals surface area contributed by atoms with Crippen molar-refractivity contribution in [3.63, 3.8) is 0 Å². The highest BCUT2D eigenvalue weighted by Gasteiger charge is 1.99. The number of hydrogen-bond donors (Lipinski definition) is 0. The molecule has 1 aromatic heterocycles. The van der Waals surface area contributed by atoms with Crippen LogP contribution in [0.4, 0.5) is 0 Å². The van der Waals surface area contributed by atoms with Crippen molar-refractivity contribution in [1.82, 2.24) is 9.97 Å². The van der Waals surface area contributed by atoms with E-state index in [0.29, 0.717) is 0 Å². The van der Waals surface area contributed by atoms with Crippen LogP contribution in [0.15, 0.2) is 46.7 Å². The Morgan fingerprint density at radius 2 is 1.93 bits per heavy atom. The predicted molar refractivity (Wildman–Crippen MR) is 70.1 cm³/mol. The van der Waals surface area contributed by atoms with Gasteiger partial charge in [0.25, 0.3) is 0 Å². The summed E-state index contributed by atoms with van der Waals surface area (Å²) in [4.78, 5) is 9.67. The number of rotatable bonds is 2. The van der Waals surface area contributed by atoms with Crippen molar-refractivity contribution in [2.24, 2.45) is 0 Å². The standard InChI is InChI=1S/C11H9IN2S/c1-8-3-2-4-10(5-8)15-11-13-6-9(12)7-14-11/h2-7H,1H3. The first-order chi connectivity index (χ1) is 7.24. The van der Waals surface area contributed by atoms with Gasteiger partial charge >= 0.3 is 0 Å². The summed E-state index contributed by atoms with van der Waals surface area (Å²) in [5.74, 6) is 0. The number of halogens is 1. The van der Waals surface area contributed by atoms with Gasteiger partial charge in [0.15, 0.2) is 5.16 Å². The summed E-state index contributed by atoms with van der Waals surface area (Å²) in [7, 11) is 0. The first kappa shape index (κ1) is 10.9. The van der Waals surface area contributed by atoms with E-state index in [1.165, 1.54) is 10.5 Å². The summed E-state index contributed by atoms with van der Waals surface area (Å²) in [5.41, 5.74) is 1.26. The fourth-order valence-electron chi connectivity index (χ4n) is 1.14. The van der Waals surface area contributed by atoms with Gasteiger partial charge in [0.1, 0.15) is 0 Å². The number of nitrogens with zero attached hydrogens (tertiary/aromatic N) is 2. The third kappa shape index (κ3) is 3.17. The highest BCUT2D eigenvalue weighted by atomic mass is 127. The molecule has 2 rings (SSSR count). The molecule has 0 saturated carbocycles. The van der Waals surface area contributed by atoms with Crippen LogP contribution >= 0.6 is 34.4 Å². The van der Waals surface area contributed by atoms with Crippen LogP contribution in [-0.2, 0) is 0 Å². The monoisotopic (exact) mass is 328 g/mol. The van der Waals surface area contributed by atoms with Crippen LogP contribution in [-0.4, -0.2) is 9.97 Å². The van der Waals surface area contributed by atoms with Gasteiger partial charge in [-0.15, -0.1) is 0 Å². The first-order valence-corrected chi connectivity index (χ1v) is 6.35. The minimum absolute atomic E-state index is 0.793. The molecule has 2 aromatic rings. The highest BCUT2D eigenvalue weighted by molar-refractivity contribution is 14.1. The van der Waals surface area contributed by atoms with Crippen molar-refractivity contribution in [3.8, 4) is 0 Å². The Bertz CT molecular complexity index is 456. The zero-order chi connectivity index (χ0) is 10.7. The van der Waals surface area contributed by atoms with Crippen molar-refractivity contribution in [1.29, 1.82) is 0 Å². The number of hydrogen-bond acceptors (Lipinski definition) is 3. The van der Waals surface area contributed by atoms with Crippen LogP contribution in [0.2, 0.25) is 0 Å². The fourth-order valence-corrected chi connectivity index (χ4v) is 2.23. The lowest BCUT2D eigenvalue weighted by Gasteiger charge is -2.00. The van der Waals surface area contributed by atoms with Gasteiger partial charge in [-0.25, -0.2) is 9.97 Å². The van der Waals surface area contributed by atoms with Gasteiger partial charge in [-0.2, -0.15) is 0 Å². The van der Waals surface area contributed by atoms with Crippen LogP contribution in [0.25, 0.3) is 0 Å². The number of benzene rings is 1. The van der Waals surface area contributed by atoms with Crippen LogP contribution in [0.3, 0.4) is 0 Å². The Morgan fingerprint density at radius 3 is 2.60 bits per heavy atom. The highest BCUT2D eigenvalue weighted by Crippen LogP contribution is 2.24. The van der Waals surface area contributed by atoms with Crippen LogP contribution in [0.1, 0.15) is 5.56 Å². The molecule has 0 atom stereocenters. The Hall–Kier alpha value is -0.620. The Labute approximate surface area is 107 Å². The molecule has 0 N–H and O–H groups in total. The molecule has 1 heterocycles. The molecule has 2 nitrogen and oxygen atoms in total. The van der Waals surface area contributed by atoms with E-state index in [1.54, 1.807) is 11.8 Å². The van der Waals surface area contributed by atoms with E-state index in [4.69, 9.17) is 0 Å². The average molecular weight is 328 g/mol. The second-order valence-electron chi connectivity index (χ2n) is 3.10. The lowest BCUT2D eigenvalue weighted by Crippen LogP contribution is -1.86. The summed E-state index contributed by atoms with van der Waals surface area (Å²) in [6.07, 6.45) is 3.65. The van der Waals surface area contributed by atoms with Crippen molar-refractivity contribution in [2.75, 3.05) is 0 Å². The first-order valence-electron chi connectivity index (χ1n) is 4.46. The van der Waals surface area contributed by atoms with E-state index in [-0.39, 0.29) is 0 Å². The molecule has 0 aliphatic heterocycles. The van der Waals surface area contributed by atoms with E-state index in [2.05, 4.69) is 57.7 Å². The largest absolute Gasteiger partial charge is 0.230 e. The SMILES string of the molecule is Cc1cccc(Sc2ncc(I)cn2)c1. The summed E-state index contributed by atoms with van der Waals surface area (Å²) in [6.45, 7) is 2.08. The second kappa shape index (κ2) is 4.94. The van der Waals surface area contributed by atoms with E-state index in [9.17, 15) is 0 Å². The lowest BCUT2D eigenvalue weighted by molar-refractivity contribution is 0.957. The van der Waals surface area contributed by atoms with E-state index < -0.39 is 0 Å². The Balaban J connectivity index is 2.18. The van der Waals surface area contributed by atoms with E-state index in [1.807, 2.05) is 18.5 Å². The zero-order valence-corrected chi connectivity index (χ0v) is 11.1. The van der Waals surface area contributed by atoms with Crippen molar-refractivity contribution in [3.05, 3.63) is 45.8 Å². The number of aromatic nitrogens is 2. The van der Waals surface area contributed by atoms with E-state index >= 15 is 0 Å². The number of aryl methyl sites for hydroxylation is 1. The third-order valence-corrected chi connectivity index (χ3v) is 3.24. The van der Waals surface area contributed by atoms with Crippen LogP contribution in [0, 0.1) is 10.5 Å². The van der Waals surface area contributed by atoms with Crippen LogP contribution < -0.4 is 0 Å². The molecule has 0 saturated heterocycles. The van der Waals surface area contributed by atoms with Gasteiger partial charge in [-0.3, -0.25) is 0 Å². The van der Waals surface area contributed by atoms with Gasteiger partial charge in [0.05, 0.1) is 0 Å². The minimum Gasteiger partial charge on any atom is -0.230 e. The summed E-state index contributed by atoms with van der Waals surface area (Å²) >= 11 is 3.78. The molecule has 76 valence electrons. The molecule has 0 amide bonds. The van der Waals surface area contributed by atoms with Gasteiger partial charge in [0.2, 0.25) is 0 Å². The maximum Gasteiger partial charge on any atom is 0.192 e. The van der Waals surface area contributed by atoms with Crippen LogP contribution in [0.5, 0.6) is 0 Å². The smallest absolute Gasteiger partial charge is 0.192 e. The summed E-state index contributed by atoms with van der Waals surface area (Å²) in [6, 6.07) is 8.33. The molecule has 0 aliphatic carbocycles. The van der Waals surface area contributed by atoms with Gasteiger partial charge in [0, 0.05) is 20.9 Å². The molecule has 15 heavy (non-hydrogen) atoms. The minimum atomic E-state index is 0.793. The topological polar surface area (TPSA) is 25.8 Å². The molecule has 0 aliphatic rings. The maximum atomic E-state index is 4.25. The molecule has 4 heteroatoms. The normalized spacial score (nSPS) is 10.3. The fraction of sp³-hybridized carbons (Fsp3) is 0.0909. The molecule has 0 radical (unpaired) electrons.